The number of carbonyl (C=O) groups is 1. The zero-order valence-corrected chi connectivity index (χ0v) is 17.6. The Labute approximate surface area is 172 Å². The number of nitrogens with zero attached hydrogens (tertiary/aromatic N) is 5. The minimum atomic E-state index is -0.348. The fraction of sp³-hybridized carbons (Fsp3) is 0.632. The molecule has 2 aliphatic rings. The number of amides is 1. The molecule has 1 saturated carbocycles. The number of fused-ring (bicyclic) bond motifs is 1. The first-order chi connectivity index (χ1) is 13.7. The van der Waals surface area contributed by atoms with E-state index in [1.54, 1.807) is 11.3 Å². The van der Waals surface area contributed by atoms with Crippen LogP contribution in [-0.4, -0.2) is 31.4 Å². The molecule has 28 heavy (non-hydrogen) atoms. The number of anilines is 1. The largest absolute Gasteiger partial charge is 0.316 e. The van der Waals surface area contributed by atoms with Gasteiger partial charge in [-0.05, 0) is 61.4 Å². The second kappa shape index (κ2) is 8.62. The Morgan fingerprint density at radius 1 is 1.29 bits per heavy atom. The molecule has 9 heteroatoms. The molecule has 7 nitrogen and oxygen atoms in total. The Kier molecular flexibility index (Phi) is 5.97. The van der Waals surface area contributed by atoms with Crippen molar-refractivity contribution in [2.45, 2.75) is 81.2 Å². The van der Waals surface area contributed by atoms with Crippen molar-refractivity contribution in [3.63, 3.8) is 0 Å². The van der Waals surface area contributed by atoms with Gasteiger partial charge in [-0.2, -0.15) is 5.26 Å². The molecule has 0 spiro atoms. The highest BCUT2D eigenvalue weighted by Gasteiger charge is 2.26. The number of tetrazole rings is 1. The van der Waals surface area contributed by atoms with E-state index in [-0.39, 0.29) is 11.2 Å². The number of nitriles is 1. The highest BCUT2D eigenvalue weighted by atomic mass is 32.2. The number of rotatable bonds is 5. The molecule has 1 N–H and O–H groups in total. The van der Waals surface area contributed by atoms with E-state index in [2.05, 4.69) is 26.9 Å². The summed E-state index contributed by atoms with van der Waals surface area (Å²) in [7, 11) is 0. The van der Waals surface area contributed by atoms with Crippen molar-refractivity contribution in [1.29, 1.82) is 5.26 Å². The van der Waals surface area contributed by atoms with E-state index >= 15 is 0 Å². The smallest absolute Gasteiger partial charge is 0.238 e. The first-order valence-corrected chi connectivity index (χ1v) is 11.7. The monoisotopic (exact) mass is 416 g/mol. The van der Waals surface area contributed by atoms with Crippen molar-refractivity contribution in [2.75, 3.05) is 5.32 Å². The average molecular weight is 417 g/mol. The fourth-order valence-corrected chi connectivity index (χ4v) is 6.12. The van der Waals surface area contributed by atoms with Crippen molar-refractivity contribution < 1.29 is 4.79 Å². The van der Waals surface area contributed by atoms with Gasteiger partial charge in [0.25, 0.3) is 0 Å². The zero-order chi connectivity index (χ0) is 19.5. The molecule has 1 fully saturated rings. The third-order valence-electron chi connectivity index (χ3n) is 5.55. The van der Waals surface area contributed by atoms with Gasteiger partial charge in [-0.3, -0.25) is 4.79 Å². The summed E-state index contributed by atoms with van der Waals surface area (Å²) in [5.41, 5.74) is 1.80. The van der Waals surface area contributed by atoms with Gasteiger partial charge in [0, 0.05) is 4.88 Å². The minimum Gasteiger partial charge on any atom is -0.316 e. The lowest BCUT2D eigenvalue weighted by Gasteiger charge is -2.14. The maximum atomic E-state index is 12.8. The number of thioether (sulfide) groups is 1. The SMILES string of the molecule is CC(Sc1nnnn1C1CCCC1)C(=O)Nc1sc2c(c1C#N)CCCCC2. The summed E-state index contributed by atoms with van der Waals surface area (Å²) >= 11 is 2.95. The number of carbonyl (C=O) groups excluding carboxylic acids is 1. The van der Waals surface area contributed by atoms with Crippen molar-refractivity contribution >= 4 is 34.0 Å². The van der Waals surface area contributed by atoms with Gasteiger partial charge in [-0.1, -0.05) is 31.0 Å². The standard InChI is InChI=1S/C19H24N6OS2/c1-12(27-19-22-23-24-25(19)13-7-5-6-8-13)17(26)21-18-15(11-20)14-9-3-2-4-10-16(14)28-18/h12-13H,2-10H2,1H3,(H,21,26). The van der Waals surface area contributed by atoms with E-state index in [0.717, 1.165) is 44.1 Å². The van der Waals surface area contributed by atoms with Crippen LogP contribution in [0.2, 0.25) is 0 Å². The van der Waals surface area contributed by atoms with Crippen LogP contribution in [-0.2, 0) is 17.6 Å². The summed E-state index contributed by atoms with van der Waals surface area (Å²) in [4.78, 5) is 14.1. The molecule has 0 aliphatic heterocycles. The number of thiophene rings is 1. The Balaban J connectivity index is 1.46. The van der Waals surface area contributed by atoms with Gasteiger partial charge in [-0.25, -0.2) is 4.68 Å². The summed E-state index contributed by atoms with van der Waals surface area (Å²) in [5.74, 6) is -0.112. The van der Waals surface area contributed by atoms with Gasteiger partial charge in [0.15, 0.2) is 0 Å². The van der Waals surface area contributed by atoms with Crippen LogP contribution >= 0.6 is 23.1 Å². The molecule has 2 aliphatic carbocycles. The second-order valence-electron chi connectivity index (χ2n) is 7.47. The summed E-state index contributed by atoms with van der Waals surface area (Å²) in [5, 5.41) is 25.8. The summed E-state index contributed by atoms with van der Waals surface area (Å²) < 4.78 is 1.87. The van der Waals surface area contributed by atoms with Crippen LogP contribution in [0.25, 0.3) is 0 Å². The van der Waals surface area contributed by atoms with Crippen LogP contribution in [0.3, 0.4) is 0 Å². The van der Waals surface area contributed by atoms with Gasteiger partial charge in [0.05, 0.1) is 16.9 Å². The zero-order valence-electron chi connectivity index (χ0n) is 16.0. The van der Waals surface area contributed by atoms with E-state index in [0.29, 0.717) is 21.8 Å². The quantitative estimate of drug-likeness (QED) is 0.582. The number of aryl methyl sites for hydroxylation is 1. The van der Waals surface area contributed by atoms with Crippen molar-refractivity contribution in [1.82, 2.24) is 20.2 Å². The Bertz CT molecular complexity index is 893. The second-order valence-corrected chi connectivity index (χ2v) is 9.89. The third-order valence-corrected chi connectivity index (χ3v) is 7.81. The van der Waals surface area contributed by atoms with E-state index in [1.807, 2.05) is 11.6 Å². The van der Waals surface area contributed by atoms with Crippen LogP contribution in [0.5, 0.6) is 0 Å². The first-order valence-electron chi connectivity index (χ1n) is 9.97. The molecule has 1 unspecified atom stereocenters. The molecular formula is C19H24N6OS2. The molecule has 0 aromatic carbocycles. The molecule has 4 rings (SSSR count). The normalized spacial score (nSPS) is 18.3. The molecule has 0 saturated heterocycles. The molecule has 1 amide bonds. The van der Waals surface area contributed by atoms with E-state index in [9.17, 15) is 10.1 Å². The maximum Gasteiger partial charge on any atom is 0.238 e. The Morgan fingerprint density at radius 2 is 2.07 bits per heavy atom. The molecule has 0 bridgehead atoms. The van der Waals surface area contributed by atoms with Gasteiger partial charge < -0.3 is 5.32 Å². The van der Waals surface area contributed by atoms with Crippen LogP contribution < -0.4 is 5.32 Å². The predicted octanol–water partition coefficient (Wildman–Crippen LogP) is 4.11. The average Bonchev–Trinajstić information content (AvgIpc) is 3.39. The van der Waals surface area contributed by atoms with Crippen LogP contribution in [0.15, 0.2) is 5.16 Å². The number of hydrogen-bond donors (Lipinski definition) is 1. The fourth-order valence-electron chi connectivity index (χ4n) is 4.02. The topological polar surface area (TPSA) is 96.5 Å². The summed E-state index contributed by atoms with van der Waals surface area (Å²) in [6.07, 6.45) is 9.99. The van der Waals surface area contributed by atoms with Crippen LogP contribution in [0, 0.1) is 11.3 Å². The first kappa shape index (κ1) is 19.4. The molecular weight excluding hydrogens is 392 g/mol. The maximum absolute atomic E-state index is 12.8. The van der Waals surface area contributed by atoms with E-state index in [4.69, 9.17) is 0 Å². The van der Waals surface area contributed by atoms with Gasteiger partial charge in [0.1, 0.15) is 11.1 Å². The summed E-state index contributed by atoms with van der Waals surface area (Å²) in [6, 6.07) is 2.66. The van der Waals surface area contributed by atoms with Crippen molar-refractivity contribution in [3.8, 4) is 6.07 Å². The lowest BCUT2D eigenvalue weighted by Crippen LogP contribution is -2.23. The Morgan fingerprint density at radius 3 is 2.86 bits per heavy atom. The highest BCUT2D eigenvalue weighted by Crippen LogP contribution is 2.38. The number of hydrogen-bond acceptors (Lipinski definition) is 7. The van der Waals surface area contributed by atoms with Crippen molar-refractivity contribution in [3.05, 3.63) is 16.0 Å². The molecule has 2 aromatic rings. The lowest BCUT2D eigenvalue weighted by molar-refractivity contribution is -0.115. The number of aromatic nitrogens is 4. The molecule has 1 atom stereocenters. The lowest BCUT2D eigenvalue weighted by atomic mass is 10.1. The molecule has 2 heterocycles. The molecule has 2 aromatic heterocycles. The minimum absolute atomic E-state index is 0.112. The van der Waals surface area contributed by atoms with Gasteiger partial charge in [-0.15, -0.1) is 16.4 Å². The molecule has 148 valence electrons. The molecule has 0 radical (unpaired) electrons. The predicted molar refractivity (Wildman–Crippen MR) is 110 cm³/mol. The third kappa shape index (κ3) is 3.94. The van der Waals surface area contributed by atoms with Crippen molar-refractivity contribution in [2.24, 2.45) is 0 Å². The van der Waals surface area contributed by atoms with Gasteiger partial charge >= 0.3 is 0 Å². The van der Waals surface area contributed by atoms with Gasteiger partial charge in [0.2, 0.25) is 11.1 Å². The Hall–Kier alpha value is -1.92. The highest BCUT2D eigenvalue weighted by molar-refractivity contribution is 8.00. The van der Waals surface area contributed by atoms with Crippen LogP contribution in [0.4, 0.5) is 5.00 Å². The van der Waals surface area contributed by atoms with E-state index < -0.39 is 0 Å². The van der Waals surface area contributed by atoms with E-state index in [1.165, 1.54) is 35.9 Å². The van der Waals surface area contributed by atoms with Crippen LogP contribution in [0.1, 0.15) is 73.9 Å². The number of nitrogens with one attached hydrogen (secondary N) is 1. The summed E-state index contributed by atoms with van der Waals surface area (Å²) in [6.45, 7) is 1.86.